The Kier molecular flexibility index (Phi) is 6.43. The van der Waals surface area contributed by atoms with Gasteiger partial charge in [-0.15, -0.1) is 21.7 Å². The van der Waals surface area contributed by atoms with Crippen molar-refractivity contribution in [3.8, 4) is 0 Å². The molecule has 0 aliphatic carbocycles. The van der Waals surface area contributed by atoms with Crippen LogP contribution in [0.15, 0.2) is 30.0 Å². The molecular weight excluding hydrogens is 332 g/mol. The number of aromatic nitrogens is 2. The fourth-order valence-electron chi connectivity index (χ4n) is 1.24. The predicted octanol–water partition coefficient (Wildman–Crippen LogP) is 1.08. The van der Waals surface area contributed by atoms with Crippen molar-refractivity contribution in [3.05, 3.63) is 21.3 Å². The van der Waals surface area contributed by atoms with Crippen LogP contribution in [0.4, 0.5) is 0 Å². The van der Waals surface area contributed by atoms with E-state index in [1.54, 1.807) is 0 Å². The van der Waals surface area contributed by atoms with Crippen LogP contribution in [0, 0.1) is 0 Å². The molecule has 1 aromatic rings. The van der Waals surface area contributed by atoms with Crippen molar-refractivity contribution in [2.45, 2.75) is 36.4 Å². The molecule has 0 radical (unpaired) electrons. The Morgan fingerprint density at radius 1 is 0.857 bits per heavy atom. The van der Waals surface area contributed by atoms with Crippen LogP contribution in [-0.2, 0) is 9.59 Å². The molecule has 1 rings (SSSR count). The summed E-state index contributed by atoms with van der Waals surface area (Å²) in [6.45, 7) is 5.21. The number of Topliss-reactive ketones (excluding diaryl/α,β-unsaturated/α-hetero) is 2. The van der Waals surface area contributed by atoms with Crippen molar-refractivity contribution in [3.63, 3.8) is 0 Å². The quantitative estimate of drug-likeness (QED) is 0.429. The van der Waals surface area contributed by atoms with Crippen LogP contribution in [-0.4, -0.2) is 21.8 Å². The first kappa shape index (κ1) is 17.7. The predicted molar refractivity (Wildman–Crippen MR) is 78.4 cm³/mol. The van der Waals surface area contributed by atoms with Gasteiger partial charge < -0.3 is 10.2 Å². The lowest BCUT2D eigenvalue weighted by Gasteiger charge is -2.10. The summed E-state index contributed by atoms with van der Waals surface area (Å²) in [4.78, 5) is 22.8. The summed E-state index contributed by atoms with van der Waals surface area (Å²) in [5.74, 6) is -1.35. The molecule has 6 nitrogen and oxygen atoms in total. The molecule has 0 fully saturated rings. The van der Waals surface area contributed by atoms with Crippen LogP contribution >= 0.6 is 34.9 Å². The Bertz CT molecular complexity index is 574. The average Bonchev–Trinajstić information content (AvgIpc) is 2.79. The average molecular weight is 344 g/mol. The van der Waals surface area contributed by atoms with Crippen LogP contribution in [0.2, 0.25) is 0 Å². The van der Waals surface area contributed by atoms with E-state index in [0.717, 1.165) is 34.9 Å². The highest BCUT2D eigenvalue weighted by Crippen LogP contribution is 2.36. The number of thioether (sulfide) groups is 2. The van der Waals surface area contributed by atoms with Crippen molar-refractivity contribution in [2.75, 3.05) is 0 Å². The lowest BCUT2D eigenvalue weighted by molar-refractivity contribution is -0.302. The van der Waals surface area contributed by atoms with Crippen molar-refractivity contribution < 1.29 is 19.8 Å². The van der Waals surface area contributed by atoms with E-state index in [-0.39, 0.29) is 32.9 Å². The van der Waals surface area contributed by atoms with Crippen LogP contribution < -0.4 is 10.2 Å². The minimum Gasteiger partial charge on any atom is -0.875 e. The first-order valence-electron chi connectivity index (χ1n) is 5.69. The van der Waals surface area contributed by atoms with Gasteiger partial charge >= 0.3 is 0 Å². The van der Waals surface area contributed by atoms with Gasteiger partial charge in [-0.2, -0.15) is 0 Å². The van der Waals surface area contributed by atoms with E-state index >= 15 is 0 Å². The molecular formula is C12H12N2O4S3-2. The summed E-state index contributed by atoms with van der Waals surface area (Å²) >= 11 is 2.99. The van der Waals surface area contributed by atoms with Gasteiger partial charge in [-0.1, -0.05) is 48.7 Å². The molecule has 0 unspecified atom stereocenters. The molecule has 0 atom stereocenters. The largest absolute Gasteiger partial charge is 0.875 e. The highest BCUT2D eigenvalue weighted by Gasteiger charge is 2.14. The van der Waals surface area contributed by atoms with E-state index in [1.807, 2.05) is 0 Å². The zero-order chi connectivity index (χ0) is 16.2. The number of carbonyl (C=O) groups is 2. The number of nitrogens with zero attached hydrogens (tertiary/aromatic N) is 2. The van der Waals surface area contributed by atoms with Crippen LogP contribution in [0.25, 0.3) is 0 Å². The smallest absolute Gasteiger partial charge is 0.179 e. The van der Waals surface area contributed by atoms with E-state index in [9.17, 15) is 19.8 Å². The van der Waals surface area contributed by atoms with Gasteiger partial charge in [0.05, 0.1) is 0 Å². The first-order chi connectivity index (χ1) is 9.72. The van der Waals surface area contributed by atoms with Gasteiger partial charge in [0.15, 0.2) is 20.2 Å². The third-order valence-corrected chi connectivity index (χ3v) is 5.63. The Hall–Kier alpha value is -1.32. The fraction of sp³-hybridized carbons (Fsp3) is 0.333. The van der Waals surface area contributed by atoms with E-state index in [2.05, 4.69) is 10.2 Å². The Morgan fingerprint density at radius 3 is 1.43 bits per heavy atom. The lowest BCUT2D eigenvalue weighted by Crippen LogP contribution is -2.06. The normalized spacial score (nSPS) is 13.5. The molecule has 1 aromatic heterocycles. The zero-order valence-electron chi connectivity index (χ0n) is 11.8. The summed E-state index contributed by atoms with van der Waals surface area (Å²) < 4.78 is 0.814. The van der Waals surface area contributed by atoms with Crippen LogP contribution in [0.3, 0.4) is 0 Å². The van der Waals surface area contributed by atoms with Gasteiger partial charge in [-0.25, -0.2) is 0 Å². The maximum Gasteiger partial charge on any atom is 0.179 e. The Morgan fingerprint density at radius 2 is 1.19 bits per heavy atom. The summed E-state index contributed by atoms with van der Waals surface area (Å²) in [5.41, 5.74) is 0. The Balaban J connectivity index is 2.93. The van der Waals surface area contributed by atoms with Gasteiger partial charge in [-0.3, -0.25) is 9.59 Å². The molecule has 0 spiro atoms. The van der Waals surface area contributed by atoms with Crippen LogP contribution in [0.5, 0.6) is 0 Å². The highest BCUT2D eigenvalue weighted by atomic mass is 32.2. The molecule has 0 aliphatic heterocycles. The summed E-state index contributed by atoms with van der Waals surface area (Å²) in [5, 5.41) is 30.3. The third kappa shape index (κ3) is 5.18. The molecule has 0 N–H and O–H groups in total. The SMILES string of the molecule is CC(=O)/C(Sc1nnc(S/C(C(C)=O)=C(\C)[O-])s1)=C(\C)[O-]. The third-order valence-electron chi connectivity index (χ3n) is 2.05. The van der Waals surface area contributed by atoms with Gasteiger partial charge in [0.25, 0.3) is 0 Å². The first-order valence-corrected chi connectivity index (χ1v) is 8.14. The van der Waals surface area contributed by atoms with Gasteiger partial charge in [-0.05, 0) is 13.8 Å². The molecule has 0 saturated heterocycles. The van der Waals surface area contributed by atoms with Crippen molar-refractivity contribution in [1.29, 1.82) is 0 Å². The number of ketones is 2. The van der Waals surface area contributed by atoms with E-state index in [4.69, 9.17) is 0 Å². The number of hydrogen-bond acceptors (Lipinski definition) is 9. The van der Waals surface area contributed by atoms with E-state index in [0.29, 0.717) is 8.68 Å². The molecule has 1 heterocycles. The molecule has 9 heteroatoms. The van der Waals surface area contributed by atoms with Gasteiger partial charge in [0, 0.05) is 9.81 Å². The number of hydrogen-bond donors (Lipinski definition) is 0. The standard InChI is InChI=1S/C12H14N2O4S3/c1-5(15)9(6(2)16)19-11-13-14-12(21-11)20-10(7(3)17)8(4)18/h15,17H,1-4H3/p-2/b9-5-,10-7+. The van der Waals surface area contributed by atoms with Gasteiger partial charge in [0.2, 0.25) is 0 Å². The van der Waals surface area contributed by atoms with Crippen molar-refractivity contribution in [1.82, 2.24) is 10.2 Å². The molecule has 21 heavy (non-hydrogen) atoms. The monoisotopic (exact) mass is 344 g/mol. The second kappa shape index (κ2) is 7.62. The lowest BCUT2D eigenvalue weighted by atomic mass is 10.4. The molecule has 0 bridgehead atoms. The zero-order valence-corrected chi connectivity index (χ0v) is 14.2. The van der Waals surface area contributed by atoms with E-state index in [1.165, 1.54) is 27.7 Å². The topological polar surface area (TPSA) is 106 Å². The van der Waals surface area contributed by atoms with Crippen molar-refractivity contribution in [2.24, 2.45) is 0 Å². The summed E-state index contributed by atoms with van der Waals surface area (Å²) in [7, 11) is 0. The molecule has 0 amide bonds. The fourth-order valence-corrected chi connectivity index (χ4v) is 4.10. The number of allylic oxidation sites excluding steroid dienone is 4. The van der Waals surface area contributed by atoms with E-state index < -0.39 is 0 Å². The molecule has 114 valence electrons. The Labute approximate surface area is 134 Å². The maximum atomic E-state index is 11.3. The molecule has 0 aromatic carbocycles. The van der Waals surface area contributed by atoms with Gasteiger partial charge in [0.1, 0.15) is 0 Å². The number of carbonyl (C=O) groups excluding carboxylic acids is 2. The second-order valence-electron chi connectivity index (χ2n) is 3.92. The molecule has 0 saturated carbocycles. The van der Waals surface area contributed by atoms with Crippen molar-refractivity contribution >= 4 is 46.4 Å². The van der Waals surface area contributed by atoms with Crippen LogP contribution in [0.1, 0.15) is 27.7 Å². The minimum absolute atomic E-state index is 0.0741. The minimum atomic E-state index is -0.336. The number of rotatable bonds is 6. The highest BCUT2D eigenvalue weighted by molar-refractivity contribution is 8.07. The molecule has 0 aliphatic rings. The summed E-state index contributed by atoms with van der Waals surface area (Å²) in [6.07, 6.45) is 0. The maximum absolute atomic E-state index is 11.3. The second-order valence-corrected chi connectivity index (χ2v) is 7.41. The summed E-state index contributed by atoms with van der Waals surface area (Å²) in [6, 6.07) is 0.